The zero-order chi connectivity index (χ0) is 9.86. The van der Waals surface area contributed by atoms with Crippen LogP contribution in [-0.2, 0) is 9.47 Å². The van der Waals surface area contributed by atoms with E-state index in [9.17, 15) is 0 Å². The van der Waals surface area contributed by atoms with Crippen molar-refractivity contribution in [3.05, 3.63) is 0 Å². The number of hydrogen-bond acceptors (Lipinski definition) is 2. The Kier molecular flexibility index (Phi) is 3.86. The van der Waals surface area contributed by atoms with Gasteiger partial charge in [0.15, 0.2) is 0 Å². The lowest BCUT2D eigenvalue weighted by atomic mass is 10.0. The molecule has 3 heteroatoms. The Balaban J connectivity index is 1.86. The van der Waals surface area contributed by atoms with Crippen LogP contribution in [0.2, 0.25) is 0 Å². The maximum Gasteiger partial charge on any atom is 0.0782 e. The normalized spacial score (nSPS) is 28.1. The first-order valence-corrected chi connectivity index (χ1v) is 6.78. The molecule has 2 fully saturated rings. The zero-order valence-electron chi connectivity index (χ0n) is 8.64. The molecule has 0 radical (unpaired) electrons. The smallest absolute Gasteiger partial charge is 0.0782 e. The molecule has 1 aliphatic carbocycles. The Hall–Kier alpha value is 0.400. The van der Waals surface area contributed by atoms with Crippen molar-refractivity contribution < 1.29 is 9.47 Å². The quantitative estimate of drug-likeness (QED) is 0.729. The van der Waals surface area contributed by atoms with Crippen molar-refractivity contribution in [3.8, 4) is 0 Å². The molecule has 0 spiro atoms. The highest BCUT2D eigenvalue weighted by Gasteiger charge is 2.36. The van der Waals surface area contributed by atoms with Gasteiger partial charge in [-0.1, -0.05) is 28.8 Å². The molecule has 0 N–H and O–H groups in total. The van der Waals surface area contributed by atoms with Gasteiger partial charge in [0, 0.05) is 18.5 Å². The van der Waals surface area contributed by atoms with Gasteiger partial charge in [-0.25, -0.2) is 0 Å². The Morgan fingerprint density at radius 1 is 1.21 bits per heavy atom. The standard InChI is InChI=1S/C11H19BrO2/c12-9-11(5-1-2-6-11)14-10-3-7-13-8-4-10/h10H,1-9H2. The molecule has 1 saturated heterocycles. The van der Waals surface area contributed by atoms with Crippen LogP contribution in [0.25, 0.3) is 0 Å². The number of rotatable bonds is 3. The molecular weight excluding hydrogens is 244 g/mol. The molecule has 0 aromatic carbocycles. The van der Waals surface area contributed by atoms with E-state index in [1.165, 1.54) is 25.7 Å². The molecular formula is C11H19BrO2. The highest BCUT2D eigenvalue weighted by Crippen LogP contribution is 2.36. The third-order valence-electron chi connectivity index (χ3n) is 3.34. The highest BCUT2D eigenvalue weighted by atomic mass is 79.9. The van der Waals surface area contributed by atoms with Gasteiger partial charge in [0.2, 0.25) is 0 Å². The molecule has 2 rings (SSSR count). The van der Waals surface area contributed by atoms with E-state index < -0.39 is 0 Å². The van der Waals surface area contributed by atoms with Gasteiger partial charge in [0.25, 0.3) is 0 Å². The lowest BCUT2D eigenvalue weighted by molar-refractivity contribution is -0.111. The van der Waals surface area contributed by atoms with E-state index in [0.29, 0.717) is 6.10 Å². The molecule has 0 unspecified atom stereocenters. The molecule has 0 amide bonds. The van der Waals surface area contributed by atoms with Gasteiger partial charge in [-0.3, -0.25) is 0 Å². The van der Waals surface area contributed by atoms with Gasteiger partial charge in [0.05, 0.1) is 11.7 Å². The maximum atomic E-state index is 6.26. The molecule has 14 heavy (non-hydrogen) atoms. The van der Waals surface area contributed by atoms with Gasteiger partial charge in [-0.05, 0) is 25.7 Å². The molecule has 82 valence electrons. The largest absolute Gasteiger partial charge is 0.381 e. The Morgan fingerprint density at radius 2 is 1.86 bits per heavy atom. The first-order chi connectivity index (χ1) is 6.85. The summed E-state index contributed by atoms with van der Waals surface area (Å²) in [5.41, 5.74) is 0.155. The summed E-state index contributed by atoms with van der Waals surface area (Å²) >= 11 is 3.60. The second-order valence-electron chi connectivity index (χ2n) is 4.45. The van der Waals surface area contributed by atoms with E-state index in [-0.39, 0.29) is 5.60 Å². The lowest BCUT2D eigenvalue weighted by Gasteiger charge is -2.34. The van der Waals surface area contributed by atoms with Gasteiger partial charge < -0.3 is 9.47 Å². The maximum absolute atomic E-state index is 6.26. The van der Waals surface area contributed by atoms with E-state index in [2.05, 4.69) is 15.9 Å². The van der Waals surface area contributed by atoms with Crippen molar-refractivity contribution in [2.75, 3.05) is 18.5 Å². The average molecular weight is 263 g/mol. The number of hydrogen-bond donors (Lipinski definition) is 0. The molecule has 1 saturated carbocycles. The second-order valence-corrected chi connectivity index (χ2v) is 5.01. The fourth-order valence-electron chi connectivity index (χ4n) is 2.45. The van der Waals surface area contributed by atoms with Crippen LogP contribution in [0.3, 0.4) is 0 Å². The lowest BCUT2D eigenvalue weighted by Crippen LogP contribution is -2.38. The van der Waals surface area contributed by atoms with E-state index in [1.807, 2.05) is 0 Å². The molecule has 0 bridgehead atoms. The van der Waals surface area contributed by atoms with Crippen LogP contribution in [0.4, 0.5) is 0 Å². The van der Waals surface area contributed by atoms with Crippen LogP contribution in [0.1, 0.15) is 38.5 Å². The van der Waals surface area contributed by atoms with Crippen molar-refractivity contribution in [3.63, 3.8) is 0 Å². The fraction of sp³-hybridized carbons (Fsp3) is 1.00. The van der Waals surface area contributed by atoms with Crippen molar-refractivity contribution in [2.24, 2.45) is 0 Å². The fourth-order valence-corrected chi connectivity index (χ4v) is 3.14. The minimum absolute atomic E-state index is 0.155. The van der Waals surface area contributed by atoms with Crippen LogP contribution >= 0.6 is 15.9 Å². The molecule has 2 nitrogen and oxygen atoms in total. The predicted octanol–water partition coefficient (Wildman–Crippen LogP) is 2.89. The number of alkyl halides is 1. The summed E-state index contributed by atoms with van der Waals surface area (Å²) in [4.78, 5) is 0. The van der Waals surface area contributed by atoms with Crippen LogP contribution in [0.15, 0.2) is 0 Å². The monoisotopic (exact) mass is 262 g/mol. The van der Waals surface area contributed by atoms with E-state index >= 15 is 0 Å². The third-order valence-corrected chi connectivity index (χ3v) is 4.37. The summed E-state index contributed by atoms with van der Waals surface area (Å²) in [6.07, 6.45) is 7.72. The van der Waals surface area contributed by atoms with E-state index in [0.717, 1.165) is 31.4 Å². The van der Waals surface area contributed by atoms with Crippen LogP contribution in [-0.4, -0.2) is 30.2 Å². The first-order valence-electron chi connectivity index (χ1n) is 5.66. The Bertz CT molecular complexity index is 172. The summed E-state index contributed by atoms with van der Waals surface area (Å²) in [5.74, 6) is 0. The van der Waals surface area contributed by atoms with Gasteiger partial charge >= 0.3 is 0 Å². The molecule has 0 aromatic rings. The van der Waals surface area contributed by atoms with Crippen LogP contribution in [0.5, 0.6) is 0 Å². The van der Waals surface area contributed by atoms with E-state index in [1.54, 1.807) is 0 Å². The molecule has 2 aliphatic rings. The average Bonchev–Trinajstić information content (AvgIpc) is 2.69. The minimum atomic E-state index is 0.155. The highest BCUT2D eigenvalue weighted by molar-refractivity contribution is 9.09. The van der Waals surface area contributed by atoms with E-state index in [4.69, 9.17) is 9.47 Å². The molecule has 0 aromatic heterocycles. The van der Waals surface area contributed by atoms with Crippen molar-refractivity contribution in [1.82, 2.24) is 0 Å². The molecule has 1 aliphatic heterocycles. The van der Waals surface area contributed by atoms with Crippen molar-refractivity contribution >= 4 is 15.9 Å². The summed E-state index contributed by atoms with van der Waals surface area (Å²) < 4.78 is 11.6. The first kappa shape index (κ1) is 10.9. The van der Waals surface area contributed by atoms with Gasteiger partial charge in [-0.2, -0.15) is 0 Å². The Labute approximate surface area is 94.5 Å². The zero-order valence-corrected chi connectivity index (χ0v) is 10.2. The minimum Gasteiger partial charge on any atom is -0.381 e. The Morgan fingerprint density at radius 3 is 2.43 bits per heavy atom. The summed E-state index contributed by atoms with van der Waals surface area (Å²) in [7, 11) is 0. The summed E-state index contributed by atoms with van der Waals surface area (Å²) in [5, 5.41) is 0.997. The van der Waals surface area contributed by atoms with Crippen LogP contribution in [0, 0.1) is 0 Å². The molecule has 1 heterocycles. The van der Waals surface area contributed by atoms with Crippen molar-refractivity contribution in [1.29, 1.82) is 0 Å². The molecule has 0 atom stereocenters. The van der Waals surface area contributed by atoms with Crippen LogP contribution < -0.4 is 0 Å². The second kappa shape index (κ2) is 4.95. The van der Waals surface area contributed by atoms with Gasteiger partial charge in [-0.15, -0.1) is 0 Å². The SMILES string of the molecule is BrCC1(OC2CCOCC2)CCCC1. The summed E-state index contributed by atoms with van der Waals surface area (Å²) in [6.45, 7) is 1.76. The third kappa shape index (κ3) is 2.50. The summed E-state index contributed by atoms with van der Waals surface area (Å²) in [6, 6.07) is 0. The topological polar surface area (TPSA) is 18.5 Å². The van der Waals surface area contributed by atoms with Gasteiger partial charge in [0.1, 0.15) is 0 Å². The predicted molar refractivity (Wildman–Crippen MR) is 59.9 cm³/mol. The van der Waals surface area contributed by atoms with Crippen molar-refractivity contribution in [2.45, 2.75) is 50.2 Å². The number of ether oxygens (including phenoxy) is 2. The number of halogens is 1.